The monoisotopic (exact) mass is 536 g/mol. The molecule has 34 heavy (non-hydrogen) atoms. The highest BCUT2D eigenvalue weighted by atomic mass is 79.9. The molecule has 0 saturated heterocycles. The van der Waals surface area contributed by atoms with Crippen LogP contribution in [0.4, 0.5) is 5.69 Å². The number of hydrazone groups is 1. The number of halogens is 1. The normalized spacial score (nSPS) is 11.0. The van der Waals surface area contributed by atoms with Crippen molar-refractivity contribution in [3.8, 4) is 17.1 Å². The highest BCUT2D eigenvalue weighted by molar-refractivity contribution is 9.10. The smallest absolute Gasteiger partial charge is 0.270 e. The van der Waals surface area contributed by atoms with Crippen LogP contribution in [0.15, 0.2) is 93.6 Å². The first-order valence-corrected chi connectivity index (χ1v) is 11.7. The Morgan fingerprint density at radius 1 is 1.09 bits per heavy atom. The van der Waals surface area contributed by atoms with Crippen LogP contribution in [0.25, 0.3) is 17.1 Å². The maximum atomic E-state index is 12.3. The van der Waals surface area contributed by atoms with Gasteiger partial charge < -0.3 is 0 Å². The van der Waals surface area contributed by atoms with Crippen molar-refractivity contribution in [2.75, 3.05) is 5.75 Å². The van der Waals surface area contributed by atoms with Gasteiger partial charge in [-0.2, -0.15) is 5.10 Å². The largest absolute Gasteiger partial charge is 0.272 e. The third kappa shape index (κ3) is 5.74. The summed E-state index contributed by atoms with van der Waals surface area (Å²) >= 11 is 4.67. The molecule has 0 aliphatic carbocycles. The number of carbonyl (C=O) groups excluding carboxylic acids is 1. The molecule has 0 aliphatic rings. The number of rotatable bonds is 8. The van der Waals surface area contributed by atoms with E-state index >= 15 is 0 Å². The summed E-state index contributed by atoms with van der Waals surface area (Å²) in [7, 11) is 0. The van der Waals surface area contributed by atoms with Crippen LogP contribution >= 0.6 is 27.7 Å². The Labute approximate surface area is 207 Å². The van der Waals surface area contributed by atoms with E-state index in [-0.39, 0.29) is 17.3 Å². The molecular weight excluding hydrogens is 520 g/mol. The second-order valence-electron chi connectivity index (χ2n) is 6.92. The lowest BCUT2D eigenvalue weighted by atomic mass is 10.2. The zero-order valence-corrected chi connectivity index (χ0v) is 19.9. The van der Waals surface area contributed by atoms with Crippen molar-refractivity contribution in [3.05, 3.63) is 99.0 Å². The molecule has 0 fully saturated rings. The van der Waals surface area contributed by atoms with Gasteiger partial charge in [0.25, 0.3) is 11.6 Å². The number of nitrogens with zero attached hydrogens (tertiary/aromatic N) is 5. The van der Waals surface area contributed by atoms with Crippen LogP contribution in [0.5, 0.6) is 0 Å². The van der Waals surface area contributed by atoms with Crippen molar-refractivity contribution in [2.24, 2.45) is 5.10 Å². The SMILES string of the molecule is O=C(CSc1nnc(-c2ccc(Br)cc2)n1-c1ccccc1)NN=Cc1cccc([N+](=O)[O-])c1. The van der Waals surface area contributed by atoms with Gasteiger partial charge in [-0.1, -0.05) is 70.2 Å². The predicted molar refractivity (Wildman–Crippen MR) is 134 cm³/mol. The van der Waals surface area contributed by atoms with E-state index in [1.165, 1.54) is 30.1 Å². The van der Waals surface area contributed by atoms with Crippen LogP contribution in [0.2, 0.25) is 0 Å². The third-order valence-corrected chi connectivity index (χ3v) is 6.02. The van der Waals surface area contributed by atoms with Crippen molar-refractivity contribution in [1.82, 2.24) is 20.2 Å². The molecule has 0 bridgehead atoms. The molecule has 0 radical (unpaired) electrons. The average Bonchev–Trinajstić information content (AvgIpc) is 3.28. The Morgan fingerprint density at radius 3 is 2.59 bits per heavy atom. The second kappa shape index (κ2) is 10.9. The van der Waals surface area contributed by atoms with Crippen LogP contribution in [0.1, 0.15) is 5.56 Å². The van der Waals surface area contributed by atoms with Gasteiger partial charge in [0.1, 0.15) is 0 Å². The number of carbonyl (C=O) groups is 1. The number of amides is 1. The molecule has 1 heterocycles. The molecule has 1 aromatic heterocycles. The van der Waals surface area contributed by atoms with Crippen LogP contribution in [-0.4, -0.2) is 37.6 Å². The fourth-order valence-electron chi connectivity index (χ4n) is 3.02. The molecule has 0 aliphatic heterocycles. The molecule has 0 unspecified atom stereocenters. The molecule has 1 amide bonds. The van der Waals surface area contributed by atoms with E-state index in [2.05, 4.69) is 36.7 Å². The number of nitro benzene ring substituents is 1. The van der Waals surface area contributed by atoms with Crippen molar-refractivity contribution in [2.45, 2.75) is 5.16 Å². The standard InChI is InChI=1S/C23H17BrN6O3S/c24-18-11-9-17(10-12-18)22-27-28-23(29(22)19-6-2-1-3-7-19)34-15-21(31)26-25-14-16-5-4-8-20(13-16)30(32)33/h1-14H,15H2,(H,26,31). The molecule has 4 rings (SSSR count). The minimum Gasteiger partial charge on any atom is -0.272 e. The van der Waals surface area contributed by atoms with E-state index in [0.29, 0.717) is 16.5 Å². The van der Waals surface area contributed by atoms with Crippen molar-refractivity contribution >= 4 is 45.5 Å². The zero-order chi connectivity index (χ0) is 23.9. The van der Waals surface area contributed by atoms with Gasteiger partial charge in [-0.3, -0.25) is 19.5 Å². The lowest BCUT2D eigenvalue weighted by molar-refractivity contribution is -0.384. The molecule has 4 aromatic rings. The first kappa shape index (κ1) is 23.3. The molecule has 9 nitrogen and oxygen atoms in total. The minimum atomic E-state index is -0.488. The van der Waals surface area contributed by atoms with E-state index in [0.717, 1.165) is 15.7 Å². The Morgan fingerprint density at radius 2 is 1.85 bits per heavy atom. The Kier molecular flexibility index (Phi) is 7.45. The van der Waals surface area contributed by atoms with Gasteiger partial charge in [0.05, 0.1) is 16.9 Å². The molecule has 1 N–H and O–H groups in total. The van der Waals surface area contributed by atoms with Crippen LogP contribution in [0.3, 0.4) is 0 Å². The number of non-ortho nitro benzene ring substituents is 1. The lowest BCUT2D eigenvalue weighted by Crippen LogP contribution is -2.20. The van der Waals surface area contributed by atoms with Gasteiger partial charge in [-0.05, 0) is 24.3 Å². The predicted octanol–water partition coefficient (Wildman–Crippen LogP) is 4.85. The van der Waals surface area contributed by atoms with E-state index in [4.69, 9.17) is 0 Å². The number of nitrogens with one attached hydrogen (secondary N) is 1. The molecule has 11 heteroatoms. The van der Waals surface area contributed by atoms with Crippen molar-refractivity contribution in [3.63, 3.8) is 0 Å². The maximum Gasteiger partial charge on any atom is 0.270 e. The number of nitro groups is 1. The summed E-state index contributed by atoms with van der Waals surface area (Å²) in [6, 6.07) is 23.4. The van der Waals surface area contributed by atoms with Crippen molar-refractivity contribution < 1.29 is 9.72 Å². The summed E-state index contributed by atoms with van der Waals surface area (Å²) < 4.78 is 2.85. The summed E-state index contributed by atoms with van der Waals surface area (Å²) in [6.07, 6.45) is 1.35. The molecule has 0 spiro atoms. The van der Waals surface area contributed by atoms with Crippen LogP contribution in [-0.2, 0) is 4.79 Å². The Balaban J connectivity index is 1.47. The third-order valence-electron chi connectivity index (χ3n) is 4.57. The number of thioether (sulfide) groups is 1. The number of hydrogen-bond donors (Lipinski definition) is 1. The summed E-state index contributed by atoms with van der Waals surface area (Å²) in [5.74, 6) is 0.363. The van der Waals surface area contributed by atoms with Crippen molar-refractivity contribution in [1.29, 1.82) is 0 Å². The summed E-state index contributed by atoms with van der Waals surface area (Å²) in [5, 5.41) is 24.0. The highest BCUT2D eigenvalue weighted by Crippen LogP contribution is 2.28. The maximum absolute atomic E-state index is 12.3. The molecule has 170 valence electrons. The van der Waals surface area contributed by atoms with E-state index in [1.807, 2.05) is 59.2 Å². The summed E-state index contributed by atoms with van der Waals surface area (Å²) in [6.45, 7) is 0. The Hall–Kier alpha value is -3.83. The molecule has 3 aromatic carbocycles. The molecule has 0 atom stereocenters. The van der Waals surface area contributed by atoms with Gasteiger partial charge in [0.15, 0.2) is 11.0 Å². The summed E-state index contributed by atoms with van der Waals surface area (Å²) in [5.41, 5.74) is 4.65. The fraction of sp³-hybridized carbons (Fsp3) is 0.0435. The first-order chi connectivity index (χ1) is 16.5. The van der Waals surface area contributed by atoms with E-state index in [9.17, 15) is 14.9 Å². The first-order valence-electron chi connectivity index (χ1n) is 9.97. The highest BCUT2D eigenvalue weighted by Gasteiger charge is 2.17. The number of hydrogen-bond acceptors (Lipinski definition) is 7. The van der Waals surface area contributed by atoms with Gasteiger partial charge >= 0.3 is 0 Å². The van der Waals surface area contributed by atoms with Crippen LogP contribution < -0.4 is 5.43 Å². The number of aromatic nitrogens is 3. The molecule has 0 saturated carbocycles. The summed E-state index contributed by atoms with van der Waals surface area (Å²) in [4.78, 5) is 22.7. The second-order valence-corrected chi connectivity index (χ2v) is 8.78. The minimum absolute atomic E-state index is 0.0485. The average molecular weight is 537 g/mol. The van der Waals surface area contributed by atoms with Gasteiger partial charge in [0.2, 0.25) is 0 Å². The fourth-order valence-corrected chi connectivity index (χ4v) is 4.03. The number of benzene rings is 3. The van der Waals surface area contributed by atoms with E-state index < -0.39 is 4.92 Å². The quantitative estimate of drug-likeness (QED) is 0.149. The van der Waals surface area contributed by atoms with Crippen LogP contribution in [0, 0.1) is 10.1 Å². The van der Waals surface area contributed by atoms with Gasteiger partial charge in [-0.25, -0.2) is 5.43 Å². The zero-order valence-electron chi connectivity index (χ0n) is 17.5. The Bertz CT molecular complexity index is 1340. The lowest BCUT2D eigenvalue weighted by Gasteiger charge is -2.10. The number of para-hydroxylation sites is 1. The van der Waals surface area contributed by atoms with Gasteiger partial charge in [0, 0.05) is 33.4 Å². The topological polar surface area (TPSA) is 115 Å². The molecular formula is C23H17BrN6O3S. The van der Waals surface area contributed by atoms with E-state index in [1.54, 1.807) is 12.1 Å². The van der Waals surface area contributed by atoms with Gasteiger partial charge in [-0.15, -0.1) is 10.2 Å².